The molecule has 2 rings (SSSR count). The number of methoxy groups -OCH3 is 3. The van der Waals surface area contributed by atoms with Gasteiger partial charge in [-0.25, -0.2) is 0 Å². The standard InChI is InChI=1S/C21H33N3O4/c1-7-8-11-24-17(9-10-22-24)20(28-13-12-23(2)3)16-14-18(25-4)21(27-6)19(15-16)26-5/h9-10,14-15,20H,7-8,11-13H2,1-6H3. The number of rotatable bonds is 12. The normalized spacial score (nSPS) is 12.2. The maximum absolute atomic E-state index is 6.32. The number of hydrogen-bond acceptors (Lipinski definition) is 6. The lowest BCUT2D eigenvalue weighted by Gasteiger charge is -2.23. The van der Waals surface area contributed by atoms with E-state index in [1.807, 2.05) is 43.2 Å². The molecule has 0 aliphatic heterocycles. The molecule has 0 N–H and O–H groups in total. The molecule has 0 aliphatic carbocycles. The molecule has 0 spiro atoms. The molecule has 1 aromatic carbocycles. The van der Waals surface area contributed by atoms with Crippen molar-refractivity contribution < 1.29 is 18.9 Å². The van der Waals surface area contributed by atoms with Crippen molar-refractivity contribution in [1.82, 2.24) is 14.7 Å². The second-order valence-corrected chi connectivity index (χ2v) is 6.85. The molecule has 0 saturated heterocycles. The summed E-state index contributed by atoms with van der Waals surface area (Å²) in [4.78, 5) is 2.10. The van der Waals surface area contributed by atoms with Gasteiger partial charge in [0.2, 0.25) is 5.75 Å². The van der Waals surface area contributed by atoms with E-state index >= 15 is 0 Å². The summed E-state index contributed by atoms with van der Waals surface area (Å²) >= 11 is 0. The number of nitrogens with zero attached hydrogens (tertiary/aromatic N) is 3. The van der Waals surface area contributed by atoms with Gasteiger partial charge in [-0.3, -0.25) is 4.68 Å². The van der Waals surface area contributed by atoms with Crippen molar-refractivity contribution >= 4 is 0 Å². The van der Waals surface area contributed by atoms with Crippen LogP contribution in [-0.2, 0) is 11.3 Å². The average Bonchev–Trinajstić information content (AvgIpc) is 3.16. The highest BCUT2D eigenvalue weighted by Crippen LogP contribution is 2.41. The number of hydrogen-bond donors (Lipinski definition) is 0. The first-order valence-electron chi connectivity index (χ1n) is 9.63. The molecule has 28 heavy (non-hydrogen) atoms. The third-order valence-electron chi connectivity index (χ3n) is 4.55. The molecular weight excluding hydrogens is 358 g/mol. The summed E-state index contributed by atoms with van der Waals surface area (Å²) in [7, 11) is 8.90. The molecule has 0 aliphatic rings. The van der Waals surface area contributed by atoms with Crippen LogP contribution in [0.5, 0.6) is 17.2 Å². The lowest BCUT2D eigenvalue weighted by atomic mass is 10.0. The number of likely N-dealkylation sites (N-methyl/N-ethyl adjacent to an activating group) is 1. The topological polar surface area (TPSA) is 58.0 Å². The van der Waals surface area contributed by atoms with Crippen molar-refractivity contribution in [1.29, 1.82) is 0 Å². The van der Waals surface area contributed by atoms with Gasteiger partial charge in [0.15, 0.2) is 11.5 Å². The summed E-state index contributed by atoms with van der Waals surface area (Å²) in [5, 5.41) is 4.50. The van der Waals surface area contributed by atoms with Gasteiger partial charge in [0.05, 0.1) is 33.6 Å². The molecule has 2 aromatic rings. The molecule has 0 saturated carbocycles. The zero-order valence-electron chi connectivity index (χ0n) is 17.9. The molecule has 7 heteroatoms. The average molecular weight is 392 g/mol. The highest BCUT2D eigenvalue weighted by Gasteiger charge is 2.23. The van der Waals surface area contributed by atoms with Crippen molar-refractivity contribution in [2.75, 3.05) is 48.6 Å². The molecule has 1 atom stereocenters. The third kappa shape index (κ3) is 5.39. The van der Waals surface area contributed by atoms with E-state index < -0.39 is 0 Å². The van der Waals surface area contributed by atoms with Gasteiger partial charge in [-0.15, -0.1) is 0 Å². The Morgan fingerprint density at radius 2 is 1.75 bits per heavy atom. The fraction of sp³-hybridized carbons (Fsp3) is 0.571. The fourth-order valence-electron chi connectivity index (χ4n) is 3.02. The molecule has 1 heterocycles. The second kappa shape index (κ2) is 10.9. The van der Waals surface area contributed by atoms with Crippen molar-refractivity contribution in [2.24, 2.45) is 0 Å². The molecule has 1 unspecified atom stereocenters. The van der Waals surface area contributed by atoms with Gasteiger partial charge in [-0.05, 0) is 44.3 Å². The van der Waals surface area contributed by atoms with Crippen LogP contribution in [0.25, 0.3) is 0 Å². The van der Waals surface area contributed by atoms with Gasteiger partial charge in [-0.2, -0.15) is 5.10 Å². The first kappa shape index (κ1) is 22.0. The maximum Gasteiger partial charge on any atom is 0.203 e. The van der Waals surface area contributed by atoms with Gasteiger partial charge in [0, 0.05) is 19.3 Å². The highest BCUT2D eigenvalue weighted by atomic mass is 16.5. The van der Waals surface area contributed by atoms with Crippen LogP contribution in [0.2, 0.25) is 0 Å². The zero-order valence-corrected chi connectivity index (χ0v) is 17.9. The molecular formula is C21H33N3O4. The Bertz CT molecular complexity index is 705. The van der Waals surface area contributed by atoms with E-state index in [4.69, 9.17) is 18.9 Å². The van der Waals surface area contributed by atoms with Crippen molar-refractivity contribution in [2.45, 2.75) is 32.4 Å². The van der Waals surface area contributed by atoms with E-state index in [1.165, 1.54) is 0 Å². The lowest BCUT2D eigenvalue weighted by Crippen LogP contribution is -2.21. The molecule has 0 amide bonds. The summed E-state index contributed by atoms with van der Waals surface area (Å²) in [6.07, 6.45) is 3.71. The molecule has 1 aromatic heterocycles. The Labute approximate surface area is 168 Å². The van der Waals surface area contributed by atoms with E-state index in [0.717, 1.165) is 37.2 Å². The van der Waals surface area contributed by atoms with Crippen LogP contribution in [0.15, 0.2) is 24.4 Å². The smallest absolute Gasteiger partial charge is 0.203 e. The van der Waals surface area contributed by atoms with Crippen LogP contribution in [0.4, 0.5) is 0 Å². The Kier molecular flexibility index (Phi) is 8.60. The summed E-state index contributed by atoms with van der Waals surface area (Å²) in [6.45, 7) is 4.45. The Balaban J connectivity index is 2.45. The maximum atomic E-state index is 6.32. The minimum atomic E-state index is -0.284. The van der Waals surface area contributed by atoms with Crippen LogP contribution in [-0.4, -0.2) is 63.3 Å². The molecule has 7 nitrogen and oxygen atoms in total. The monoisotopic (exact) mass is 391 g/mol. The number of benzene rings is 1. The van der Waals surface area contributed by atoms with Gasteiger partial charge in [-0.1, -0.05) is 13.3 Å². The Morgan fingerprint density at radius 1 is 1.07 bits per heavy atom. The SMILES string of the molecule is CCCCn1nccc1C(OCCN(C)C)c1cc(OC)c(OC)c(OC)c1. The minimum absolute atomic E-state index is 0.284. The van der Waals surface area contributed by atoms with Crippen LogP contribution in [0.3, 0.4) is 0 Å². The molecule has 0 radical (unpaired) electrons. The predicted molar refractivity (Wildman–Crippen MR) is 110 cm³/mol. The minimum Gasteiger partial charge on any atom is -0.493 e. The number of ether oxygens (including phenoxy) is 4. The highest BCUT2D eigenvalue weighted by molar-refractivity contribution is 5.55. The second-order valence-electron chi connectivity index (χ2n) is 6.85. The third-order valence-corrected chi connectivity index (χ3v) is 4.55. The van der Waals surface area contributed by atoms with E-state index in [2.05, 4.69) is 16.9 Å². The van der Waals surface area contributed by atoms with E-state index in [9.17, 15) is 0 Å². The van der Waals surface area contributed by atoms with Gasteiger partial charge in [0.25, 0.3) is 0 Å². The van der Waals surface area contributed by atoms with Gasteiger partial charge < -0.3 is 23.8 Å². The fourth-order valence-corrected chi connectivity index (χ4v) is 3.02. The van der Waals surface area contributed by atoms with Crippen molar-refractivity contribution in [3.63, 3.8) is 0 Å². The summed E-state index contributed by atoms with van der Waals surface area (Å²) in [6, 6.07) is 5.90. The van der Waals surface area contributed by atoms with Crippen LogP contribution < -0.4 is 14.2 Å². The quantitative estimate of drug-likeness (QED) is 0.553. The first-order chi connectivity index (χ1) is 13.5. The van der Waals surface area contributed by atoms with E-state index in [0.29, 0.717) is 23.9 Å². The van der Waals surface area contributed by atoms with Crippen LogP contribution in [0.1, 0.15) is 37.1 Å². The lowest BCUT2D eigenvalue weighted by molar-refractivity contribution is 0.0627. The molecule has 0 fully saturated rings. The summed E-state index contributed by atoms with van der Waals surface area (Å²) < 4.78 is 24.9. The number of unbranched alkanes of at least 4 members (excludes halogenated alkanes) is 1. The van der Waals surface area contributed by atoms with E-state index in [1.54, 1.807) is 21.3 Å². The molecule has 156 valence electrons. The first-order valence-corrected chi connectivity index (χ1v) is 9.63. The van der Waals surface area contributed by atoms with Gasteiger partial charge >= 0.3 is 0 Å². The number of aromatic nitrogens is 2. The van der Waals surface area contributed by atoms with Crippen molar-refractivity contribution in [3.05, 3.63) is 35.7 Å². The molecule has 0 bridgehead atoms. The van der Waals surface area contributed by atoms with Crippen LogP contribution >= 0.6 is 0 Å². The Morgan fingerprint density at radius 3 is 2.29 bits per heavy atom. The predicted octanol–water partition coefficient (Wildman–Crippen LogP) is 3.38. The van der Waals surface area contributed by atoms with Crippen LogP contribution in [0, 0.1) is 0 Å². The summed E-state index contributed by atoms with van der Waals surface area (Å²) in [5.74, 6) is 1.79. The zero-order chi connectivity index (χ0) is 20.5. The Hall–Kier alpha value is -2.25. The van der Waals surface area contributed by atoms with E-state index in [-0.39, 0.29) is 6.10 Å². The van der Waals surface area contributed by atoms with Gasteiger partial charge in [0.1, 0.15) is 6.10 Å². The largest absolute Gasteiger partial charge is 0.493 e. The number of aryl methyl sites for hydroxylation is 1. The summed E-state index contributed by atoms with van der Waals surface area (Å²) in [5.41, 5.74) is 1.95. The van der Waals surface area contributed by atoms with Crippen molar-refractivity contribution in [3.8, 4) is 17.2 Å².